The molecule has 2 saturated carbocycles. The molecular formula is C58H70BBrK2N12O7. The number of amides is 2. The van der Waals surface area contributed by atoms with Gasteiger partial charge in [0.25, 0.3) is 6.47 Å². The number of imidazole rings is 2. The number of fused-ring (bicyclic) bond motifs is 4. The Morgan fingerprint density at radius 2 is 1.19 bits per heavy atom. The van der Waals surface area contributed by atoms with Gasteiger partial charge in [-0.2, -0.15) is 10.2 Å². The van der Waals surface area contributed by atoms with Crippen LogP contribution in [-0.2, 0) is 68.9 Å². The normalized spacial score (nSPS) is 16.5. The Morgan fingerprint density at radius 1 is 0.716 bits per heavy atom. The van der Waals surface area contributed by atoms with Crippen LogP contribution in [0.25, 0.3) is 55.3 Å². The number of hydrogen-bond donors (Lipinski definition) is 0. The van der Waals surface area contributed by atoms with Crippen molar-refractivity contribution in [1.82, 2.24) is 58.4 Å². The molecule has 81 heavy (non-hydrogen) atoms. The number of benzene rings is 2. The van der Waals surface area contributed by atoms with E-state index in [0.717, 1.165) is 121 Å². The van der Waals surface area contributed by atoms with Crippen LogP contribution in [0.2, 0.25) is 0 Å². The third-order valence-electron chi connectivity index (χ3n) is 15.4. The zero-order valence-electron chi connectivity index (χ0n) is 48.5. The van der Waals surface area contributed by atoms with E-state index in [9.17, 15) is 9.59 Å². The first-order chi connectivity index (χ1) is 37.5. The first-order valence-corrected chi connectivity index (χ1v) is 27.5. The van der Waals surface area contributed by atoms with Crippen LogP contribution in [0.15, 0.2) is 90.3 Å². The van der Waals surface area contributed by atoms with Gasteiger partial charge in [-0.05, 0) is 116 Å². The molecule has 2 aromatic carbocycles. The number of pyridine rings is 2. The fourth-order valence-corrected chi connectivity index (χ4v) is 10.8. The van der Waals surface area contributed by atoms with Crippen LogP contribution >= 0.6 is 15.9 Å². The predicted octanol–water partition coefficient (Wildman–Crippen LogP) is 2.53. The molecule has 3 fully saturated rings. The fourth-order valence-electron chi connectivity index (χ4n) is 10.3. The number of carbonyl (C=O) groups excluding carboxylic acids is 3. The van der Waals surface area contributed by atoms with Gasteiger partial charge in [-0.3, -0.25) is 33.7 Å². The molecule has 0 spiro atoms. The summed E-state index contributed by atoms with van der Waals surface area (Å²) in [4.78, 5) is 59.0. The zero-order chi connectivity index (χ0) is 55.0. The average molecular weight is 1220 g/mol. The van der Waals surface area contributed by atoms with Crippen LogP contribution in [0.1, 0.15) is 124 Å². The number of nitrogens with zero attached hydrogens (tertiary/aromatic N) is 12. The maximum Gasteiger partial charge on any atom is 1.00 e. The molecule has 0 unspecified atom stereocenters. The fraction of sp³-hybridized carbons (Fsp3) is 0.431. The molecule has 0 N–H and O–H groups in total. The molecule has 416 valence electrons. The second-order valence-electron chi connectivity index (χ2n) is 21.6. The van der Waals surface area contributed by atoms with E-state index in [1.54, 1.807) is 9.36 Å². The van der Waals surface area contributed by atoms with E-state index >= 15 is 0 Å². The van der Waals surface area contributed by atoms with Crippen molar-refractivity contribution in [3.63, 3.8) is 0 Å². The zero-order valence-corrected chi connectivity index (χ0v) is 55.3. The SMILES string of the molecule is C.CCCN1Cc2c(-c3cccc4cc(-c5cnn(C)c5)ncc34)nc(C3CC3)n2CC1=O.CCCN1Cc2c(Br)nc(C3CC3)n2CC1=O.Cn1cc(-c2cc3cccc(B4OC(C)(C)C(C)(C)O4)c3cn2)cn1.O=CO[O-].[H-].[K+].[K+]. The van der Waals surface area contributed by atoms with Crippen molar-refractivity contribution in [3.8, 4) is 33.8 Å². The van der Waals surface area contributed by atoms with Gasteiger partial charge in [-0.15, -0.1) is 0 Å². The maximum atomic E-state index is 12.7. The van der Waals surface area contributed by atoms with E-state index in [1.807, 2.05) is 67.1 Å². The van der Waals surface area contributed by atoms with E-state index in [4.69, 9.17) is 29.3 Å². The number of halogens is 1. The summed E-state index contributed by atoms with van der Waals surface area (Å²) in [5.74, 6) is 3.69. The van der Waals surface area contributed by atoms with Gasteiger partial charge in [0, 0.05) is 85.9 Å². The van der Waals surface area contributed by atoms with Crippen molar-refractivity contribution in [1.29, 1.82) is 0 Å². The van der Waals surface area contributed by atoms with E-state index in [1.165, 1.54) is 18.5 Å². The average Bonchev–Trinajstić information content (AvgIpc) is 4.37. The molecule has 19 nitrogen and oxygen atoms in total. The number of rotatable bonds is 11. The van der Waals surface area contributed by atoms with Gasteiger partial charge in [0.05, 0.1) is 65.2 Å². The second-order valence-corrected chi connectivity index (χ2v) is 22.4. The summed E-state index contributed by atoms with van der Waals surface area (Å²) in [5.41, 5.74) is 8.54. The largest absolute Gasteiger partial charge is 1.00 e. The van der Waals surface area contributed by atoms with Gasteiger partial charge in [0.15, 0.2) is 0 Å². The van der Waals surface area contributed by atoms with Crippen molar-refractivity contribution in [2.24, 2.45) is 14.1 Å². The van der Waals surface area contributed by atoms with Crippen molar-refractivity contribution in [2.45, 2.75) is 137 Å². The van der Waals surface area contributed by atoms with Crippen LogP contribution in [0, 0.1) is 0 Å². The predicted molar refractivity (Wildman–Crippen MR) is 305 cm³/mol. The van der Waals surface area contributed by atoms with Gasteiger partial charge in [-0.1, -0.05) is 57.7 Å². The second kappa shape index (κ2) is 27.5. The minimum absolute atomic E-state index is 0. The van der Waals surface area contributed by atoms with Crippen LogP contribution < -0.4 is 113 Å². The van der Waals surface area contributed by atoms with E-state index in [0.29, 0.717) is 38.0 Å². The smallest absolute Gasteiger partial charge is 1.00 e. The molecule has 0 radical (unpaired) electrons. The maximum absolute atomic E-state index is 12.7. The molecule has 0 atom stereocenters. The molecule has 9 heterocycles. The molecule has 6 aromatic heterocycles. The summed E-state index contributed by atoms with van der Waals surface area (Å²) in [6, 6.07) is 16.7. The molecule has 13 rings (SSSR count). The first kappa shape index (κ1) is 64.8. The van der Waals surface area contributed by atoms with Crippen LogP contribution in [0.5, 0.6) is 0 Å². The molecule has 5 aliphatic rings. The van der Waals surface area contributed by atoms with Gasteiger partial charge >= 0.3 is 110 Å². The van der Waals surface area contributed by atoms with Gasteiger partial charge in [0.2, 0.25) is 11.8 Å². The number of carbonyl (C=O) groups is 3. The van der Waals surface area contributed by atoms with Crippen molar-refractivity contribution in [3.05, 3.63) is 113 Å². The molecular weight excluding hydrogens is 1150 g/mol. The standard InChI is InChI=1S/C25H26N6O.C19H22BN3O2.C12H16BrN3O.CH2O3.CH4.2K.H/c1-3-9-30-14-22-24(28-25(16-7-8-16)31(22)15-23(30)32)19-6-4-5-17-10-21(26-12-20(17)19)18-11-27-29(2)13-18;1-18(2)19(3,4)25-20(24-18)16-8-6-7-13-9-17(21-11-15(13)16)14-10-22-23(5)12-14;1-2-5-15-6-9-11(13)14-12(8-3-4-8)16(9)7-10(15)17;2-1-4-3;;;;/h4-6,10-13,16H,3,7-9,14-15H2,1-2H3;6-12H,1-5H3;8H,2-7H2,1H3;1,3H;1H4;;;/q;;;;;2*+1;-1/p-1. The Kier molecular flexibility index (Phi) is 22.0. The Labute approximate surface area is 568 Å². The third-order valence-corrected chi connectivity index (χ3v) is 16.0. The van der Waals surface area contributed by atoms with E-state index in [-0.39, 0.29) is 148 Å². The van der Waals surface area contributed by atoms with Crippen LogP contribution in [-0.4, -0.2) is 108 Å². The van der Waals surface area contributed by atoms with Crippen molar-refractivity contribution in [2.75, 3.05) is 13.1 Å². The minimum Gasteiger partial charge on any atom is -1.00 e. The molecule has 23 heteroatoms. The Balaban J connectivity index is 0.000000194. The quantitative estimate of drug-likeness (QED) is 0.0792. The monoisotopic (exact) mass is 1210 g/mol. The molecule has 1 saturated heterocycles. The number of aromatic nitrogens is 10. The van der Waals surface area contributed by atoms with Crippen molar-refractivity contribution < 1.29 is 138 Å². The Morgan fingerprint density at radius 3 is 1.67 bits per heavy atom. The summed E-state index contributed by atoms with van der Waals surface area (Å²) in [5, 5.41) is 21.3. The molecule has 0 bridgehead atoms. The van der Waals surface area contributed by atoms with Crippen LogP contribution in [0.4, 0.5) is 0 Å². The van der Waals surface area contributed by atoms with Crippen LogP contribution in [0.3, 0.4) is 0 Å². The first-order valence-electron chi connectivity index (χ1n) is 26.7. The minimum atomic E-state index is -0.389. The van der Waals surface area contributed by atoms with Crippen molar-refractivity contribution >= 4 is 68.3 Å². The number of hydrogen-bond acceptors (Lipinski definition) is 13. The van der Waals surface area contributed by atoms with Gasteiger partial charge in [-0.25, -0.2) is 9.97 Å². The Hall–Kier alpha value is -3.79. The summed E-state index contributed by atoms with van der Waals surface area (Å²) >= 11 is 3.53. The summed E-state index contributed by atoms with van der Waals surface area (Å²) in [6.07, 6.45) is 18.2. The molecule has 2 aliphatic carbocycles. The third kappa shape index (κ3) is 14.2. The number of aryl methyl sites for hydroxylation is 2. The summed E-state index contributed by atoms with van der Waals surface area (Å²) in [6.45, 7) is 16.1. The summed E-state index contributed by atoms with van der Waals surface area (Å²) < 4.78 is 21.2. The van der Waals surface area contributed by atoms with E-state index < -0.39 is 0 Å². The van der Waals surface area contributed by atoms with Gasteiger partial charge < -0.3 is 39.8 Å². The molecule has 8 aromatic rings. The summed E-state index contributed by atoms with van der Waals surface area (Å²) in [7, 11) is 3.43. The molecule has 3 aliphatic heterocycles. The molecule has 2 amide bonds. The van der Waals surface area contributed by atoms with E-state index in [2.05, 4.69) is 134 Å². The van der Waals surface area contributed by atoms with Gasteiger partial charge in [0.1, 0.15) is 29.3 Å². The topological polar surface area (TPSA) is 205 Å². The Bertz CT molecular complexity index is 3530.